The van der Waals surface area contributed by atoms with E-state index in [-0.39, 0.29) is 29.2 Å². The third-order valence-corrected chi connectivity index (χ3v) is 6.61. The van der Waals surface area contributed by atoms with Crippen LogP contribution in [-0.2, 0) is 25.3 Å². The first-order valence-electron chi connectivity index (χ1n) is 11.4. The van der Waals surface area contributed by atoms with Crippen molar-refractivity contribution in [1.82, 2.24) is 9.80 Å². The molecule has 2 amide bonds. The quantitative estimate of drug-likeness (QED) is 0.668. The van der Waals surface area contributed by atoms with Crippen LogP contribution in [-0.4, -0.2) is 71.9 Å². The van der Waals surface area contributed by atoms with Crippen LogP contribution in [0.1, 0.15) is 60.5 Å². The fourth-order valence-electron chi connectivity index (χ4n) is 3.83. The highest BCUT2D eigenvalue weighted by atomic mass is 16.7. The van der Waals surface area contributed by atoms with E-state index < -0.39 is 12.7 Å². The molecule has 0 unspecified atom stereocenters. The standard InChI is InChI=1S/C24H37BN2O5/c1-22(2,3)30-21(29)26(8)19-13-14-27(16-19)20(28)15-17-9-11-18(12-10-17)25-31-23(4,5)24(6,7)32-25/h9-12,19H,13-16H2,1-8H3/t19-/m1/s1. The molecule has 3 rings (SSSR count). The summed E-state index contributed by atoms with van der Waals surface area (Å²) in [6, 6.07) is 7.82. The van der Waals surface area contributed by atoms with Crippen molar-refractivity contribution in [3.8, 4) is 0 Å². The SMILES string of the molecule is CN(C(=O)OC(C)(C)C)[C@@H]1CCN(C(=O)Cc2ccc(B3OC(C)(C)C(C)(C)O3)cc2)C1. The maximum absolute atomic E-state index is 12.8. The largest absolute Gasteiger partial charge is 0.494 e. The van der Waals surface area contributed by atoms with Crippen LogP contribution in [0.15, 0.2) is 24.3 Å². The number of rotatable bonds is 4. The van der Waals surface area contributed by atoms with E-state index in [1.165, 1.54) is 0 Å². The number of likely N-dealkylation sites (N-methyl/N-ethyl adjacent to an activating group) is 1. The summed E-state index contributed by atoms with van der Waals surface area (Å²) in [5, 5.41) is 0. The van der Waals surface area contributed by atoms with Gasteiger partial charge in [-0.2, -0.15) is 0 Å². The Labute approximate surface area is 192 Å². The van der Waals surface area contributed by atoms with Crippen LogP contribution in [0.25, 0.3) is 0 Å². The molecule has 176 valence electrons. The van der Waals surface area contributed by atoms with Gasteiger partial charge >= 0.3 is 13.2 Å². The lowest BCUT2D eigenvalue weighted by atomic mass is 9.79. The maximum atomic E-state index is 12.8. The van der Waals surface area contributed by atoms with Gasteiger partial charge in [0.15, 0.2) is 0 Å². The number of nitrogens with zero attached hydrogens (tertiary/aromatic N) is 2. The number of benzene rings is 1. The lowest BCUT2D eigenvalue weighted by Crippen LogP contribution is -2.42. The van der Waals surface area contributed by atoms with Crippen LogP contribution >= 0.6 is 0 Å². The number of amides is 2. The van der Waals surface area contributed by atoms with Crippen molar-refractivity contribution in [3.05, 3.63) is 29.8 Å². The van der Waals surface area contributed by atoms with Gasteiger partial charge in [-0.3, -0.25) is 4.79 Å². The molecule has 2 fully saturated rings. The van der Waals surface area contributed by atoms with Crippen LogP contribution in [0.5, 0.6) is 0 Å². The zero-order chi connectivity index (χ0) is 23.9. The predicted octanol–water partition coefficient (Wildman–Crippen LogP) is 3.00. The predicted molar refractivity (Wildman–Crippen MR) is 125 cm³/mol. The fourth-order valence-corrected chi connectivity index (χ4v) is 3.83. The molecule has 2 saturated heterocycles. The van der Waals surface area contributed by atoms with E-state index >= 15 is 0 Å². The molecule has 0 radical (unpaired) electrons. The van der Waals surface area contributed by atoms with Crippen molar-refractivity contribution in [3.63, 3.8) is 0 Å². The first-order chi connectivity index (χ1) is 14.7. The number of carbonyl (C=O) groups excluding carboxylic acids is 2. The zero-order valence-electron chi connectivity index (χ0n) is 20.7. The van der Waals surface area contributed by atoms with Crippen molar-refractivity contribution >= 4 is 24.6 Å². The summed E-state index contributed by atoms with van der Waals surface area (Å²) in [6.07, 6.45) is 0.726. The fraction of sp³-hybridized carbons (Fsp3) is 0.667. The number of likely N-dealkylation sites (tertiary alicyclic amines) is 1. The van der Waals surface area contributed by atoms with Crippen molar-refractivity contribution in [2.45, 2.75) is 84.2 Å². The Bertz CT molecular complexity index is 831. The summed E-state index contributed by atoms with van der Waals surface area (Å²) >= 11 is 0. The summed E-state index contributed by atoms with van der Waals surface area (Å²) in [7, 11) is 1.33. The highest BCUT2D eigenvalue weighted by molar-refractivity contribution is 6.62. The van der Waals surface area contributed by atoms with Gasteiger partial charge in [0.1, 0.15) is 5.60 Å². The van der Waals surface area contributed by atoms with Gasteiger partial charge in [0, 0.05) is 20.1 Å². The molecule has 8 heteroatoms. The lowest BCUT2D eigenvalue weighted by Gasteiger charge is -2.32. The molecule has 2 heterocycles. The van der Waals surface area contributed by atoms with Gasteiger partial charge in [0.05, 0.1) is 23.7 Å². The highest BCUT2D eigenvalue weighted by Gasteiger charge is 2.51. The third-order valence-electron chi connectivity index (χ3n) is 6.61. The van der Waals surface area contributed by atoms with Gasteiger partial charge in [-0.25, -0.2) is 4.79 Å². The molecule has 0 spiro atoms. The molecule has 0 aromatic heterocycles. The Kier molecular flexibility index (Phi) is 6.69. The molecule has 2 aliphatic heterocycles. The number of hydrogen-bond acceptors (Lipinski definition) is 5. The second-order valence-corrected chi connectivity index (χ2v) is 10.9. The average Bonchev–Trinajstić information content (AvgIpc) is 3.23. The van der Waals surface area contributed by atoms with Crippen LogP contribution in [0.2, 0.25) is 0 Å². The summed E-state index contributed by atoms with van der Waals surface area (Å²) in [6.45, 7) is 14.8. The molecule has 0 saturated carbocycles. The monoisotopic (exact) mass is 444 g/mol. The molecule has 2 aliphatic rings. The molecule has 1 atom stereocenters. The third kappa shape index (κ3) is 5.46. The molecular formula is C24H37BN2O5. The van der Waals surface area contributed by atoms with Crippen molar-refractivity contribution in [2.75, 3.05) is 20.1 Å². The molecule has 32 heavy (non-hydrogen) atoms. The molecule has 1 aromatic carbocycles. The van der Waals surface area contributed by atoms with Crippen molar-refractivity contribution < 1.29 is 23.6 Å². The minimum atomic E-state index is -0.536. The van der Waals surface area contributed by atoms with Gasteiger partial charge in [0.25, 0.3) is 0 Å². The maximum Gasteiger partial charge on any atom is 0.494 e. The van der Waals surface area contributed by atoms with Gasteiger partial charge in [-0.1, -0.05) is 24.3 Å². The van der Waals surface area contributed by atoms with Gasteiger partial charge in [-0.15, -0.1) is 0 Å². The number of hydrogen-bond donors (Lipinski definition) is 0. The van der Waals surface area contributed by atoms with Crippen LogP contribution < -0.4 is 5.46 Å². The molecule has 0 aliphatic carbocycles. The highest BCUT2D eigenvalue weighted by Crippen LogP contribution is 2.36. The molecule has 7 nitrogen and oxygen atoms in total. The van der Waals surface area contributed by atoms with E-state index in [0.717, 1.165) is 17.4 Å². The summed E-state index contributed by atoms with van der Waals surface area (Å²) in [5.74, 6) is 0.0634. The topological polar surface area (TPSA) is 68.3 Å². The van der Waals surface area contributed by atoms with Crippen molar-refractivity contribution in [1.29, 1.82) is 0 Å². The Balaban J connectivity index is 1.54. The van der Waals surface area contributed by atoms with Gasteiger partial charge in [0.2, 0.25) is 5.91 Å². The van der Waals surface area contributed by atoms with Gasteiger partial charge in [-0.05, 0) is 65.9 Å². The van der Waals surface area contributed by atoms with Crippen LogP contribution in [0, 0.1) is 0 Å². The second-order valence-electron chi connectivity index (χ2n) is 10.9. The van der Waals surface area contributed by atoms with E-state index in [1.54, 1.807) is 11.9 Å². The normalized spacial score (nSPS) is 22.2. The Hall–Kier alpha value is -2.06. The van der Waals surface area contributed by atoms with Gasteiger partial charge < -0.3 is 23.8 Å². The van der Waals surface area contributed by atoms with Crippen LogP contribution in [0.3, 0.4) is 0 Å². The Morgan fingerprint density at radius 2 is 1.69 bits per heavy atom. The molecule has 0 N–H and O–H groups in total. The lowest BCUT2D eigenvalue weighted by molar-refractivity contribution is -0.129. The molecule has 0 bridgehead atoms. The minimum absolute atomic E-state index is 0.0282. The van der Waals surface area contributed by atoms with E-state index in [9.17, 15) is 9.59 Å². The smallest absolute Gasteiger partial charge is 0.444 e. The Morgan fingerprint density at radius 1 is 1.12 bits per heavy atom. The van der Waals surface area contributed by atoms with Crippen molar-refractivity contribution in [2.24, 2.45) is 0 Å². The van der Waals surface area contributed by atoms with E-state index in [0.29, 0.717) is 19.5 Å². The van der Waals surface area contributed by atoms with E-state index in [1.807, 2.05) is 77.6 Å². The zero-order valence-corrected chi connectivity index (χ0v) is 20.7. The number of carbonyl (C=O) groups is 2. The van der Waals surface area contributed by atoms with Crippen LogP contribution in [0.4, 0.5) is 4.79 Å². The summed E-state index contributed by atoms with van der Waals surface area (Å²) < 4.78 is 17.6. The average molecular weight is 444 g/mol. The van der Waals surface area contributed by atoms with E-state index in [4.69, 9.17) is 14.0 Å². The molecule has 1 aromatic rings. The molecular weight excluding hydrogens is 407 g/mol. The summed E-state index contributed by atoms with van der Waals surface area (Å²) in [4.78, 5) is 28.6. The van der Waals surface area contributed by atoms with E-state index in [2.05, 4.69) is 0 Å². The number of ether oxygens (including phenoxy) is 1. The second kappa shape index (κ2) is 8.71. The minimum Gasteiger partial charge on any atom is -0.444 e. The summed E-state index contributed by atoms with van der Waals surface area (Å²) in [5.41, 5.74) is 0.584. The Morgan fingerprint density at radius 3 is 2.22 bits per heavy atom. The first-order valence-corrected chi connectivity index (χ1v) is 11.4. The first kappa shape index (κ1) is 24.6.